The van der Waals surface area contributed by atoms with Gasteiger partial charge in [-0.2, -0.15) is 4.98 Å². The molecule has 0 saturated carbocycles. The molecule has 0 aliphatic heterocycles. The molecule has 6 heteroatoms. The van der Waals surface area contributed by atoms with Crippen LogP contribution in [-0.4, -0.2) is 19.9 Å². The van der Waals surface area contributed by atoms with Gasteiger partial charge < -0.3 is 4.98 Å². The van der Waals surface area contributed by atoms with Crippen molar-refractivity contribution in [1.82, 2.24) is 19.9 Å². The quantitative estimate of drug-likeness (QED) is 0.453. The van der Waals surface area contributed by atoms with Gasteiger partial charge >= 0.3 is 0 Å². The number of hydrogen-bond acceptors (Lipinski definition) is 3. The number of aromatic amines is 1. The van der Waals surface area contributed by atoms with Crippen molar-refractivity contribution < 1.29 is 0 Å². The van der Waals surface area contributed by atoms with Crippen LogP contribution in [0.3, 0.4) is 0 Å². The Morgan fingerprint density at radius 2 is 2.27 bits per heavy atom. The van der Waals surface area contributed by atoms with Crippen molar-refractivity contribution in [2.24, 2.45) is 0 Å². The first-order valence-electron chi connectivity index (χ1n) is 2.79. The summed E-state index contributed by atoms with van der Waals surface area (Å²) >= 11 is 7.62. The zero-order valence-electron chi connectivity index (χ0n) is 5.17. The number of fused-ring (bicyclic) bond motifs is 1. The number of imidazole rings is 1. The van der Waals surface area contributed by atoms with E-state index in [1.54, 1.807) is 6.20 Å². The molecule has 2 heterocycles. The number of H-pyrrole nitrogens is 1. The van der Waals surface area contributed by atoms with Gasteiger partial charge in [0.25, 0.3) is 0 Å². The zero-order valence-corrected chi connectivity index (χ0v) is 8.09. The van der Waals surface area contributed by atoms with E-state index in [0.717, 1.165) is 9.35 Å². The molecule has 0 unspecified atom stereocenters. The van der Waals surface area contributed by atoms with Crippen molar-refractivity contribution in [3.05, 3.63) is 15.3 Å². The number of hydrogen-bond donors (Lipinski definition) is 1. The van der Waals surface area contributed by atoms with Gasteiger partial charge in [-0.25, -0.2) is 9.97 Å². The van der Waals surface area contributed by atoms with E-state index in [4.69, 9.17) is 11.6 Å². The second-order valence-electron chi connectivity index (χ2n) is 1.90. The average molecular weight is 280 g/mol. The third kappa shape index (κ3) is 1.30. The van der Waals surface area contributed by atoms with Crippen LogP contribution in [0.2, 0.25) is 5.28 Å². The number of nitrogens with one attached hydrogen (secondary N) is 1. The van der Waals surface area contributed by atoms with Crippen LogP contribution in [0.5, 0.6) is 0 Å². The molecule has 0 amide bonds. The first-order chi connectivity index (χ1) is 5.25. The molecule has 2 rings (SSSR count). The van der Waals surface area contributed by atoms with E-state index in [-0.39, 0.29) is 5.28 Å². The maximum absolute atomic E-state index is 5.55. The third-order valence-electron chi connectivity index (χ3n) is 1.18. The predicted molar refractivity (Wildman–Crippen MR) is 49.4 cm³/mol. The Kier molecular flexibility index (Phi) is 1.68. The number of halogens is 2. The predicted octanol–water partition coefficient (Wildman–Crippen LogP) is 1.61. The van der Waals surface area contributed by atoms with Crippen molar-refractivity contribution in [3.8, 4) is 0 Å². The van der Waals surface area contributed by atoms with Crippen molar-refractivity contribution >= 4 is 45.4 Å². The Morgan fingerprint density at radius 1 is 1.45 bits per heavy atom. The van der Waals surface area contributed by atoms with Crippen LogP contribution in [0.4, 0.5) is 0 Å². The standard InChI is InChI=1S/C5H2ClIN4/c6-4-8-1-2-3(10-4)11-5(7)9-2/h1H,(H,8,9,10,11). The van der Waals surface area contributed by atoms with E-state index >= 15 is 0 Å². The first kappa shape index (κ1) is 7.23. The lowest BCUT2D eigenvalue weighted by atomic mass is 10.6. The summed E-state index contributed by atoms with van der Waals surface area (Å²) in [4.78, 5) is 14.8. The summed E-state index contributed by atoms with van der Waals surface area (Å²) in [6, 6.07) is 0. The maximum atomic E-state index is 5.55. The van der Waals surface area contributed by atoms with Crippen LogP contribution in [0.15, 0.2) is 6.20 Å². The van der Waals surface area contributed by atoms with Crippen molar-refractivity contribution in [1.29, 1.82) is 0 Å². The zero-order chi connectivity index (χ0) is 7.84. The number of rotatable bonds is 0. The molecule has 2 aromatic rings. The minimum absolute atomic E-state index is 0.223. The van der Waals surface area contributed by atoms with E-state index in [1.165, 1.54) is 0 Å². The van der Waals surface area contributed by atoms with Crippen LogP contribution in [0.1, 0.15) is 0 Å². The second kappa shape index (κ2) is 2.56. The lowest BCUT2D eigenvalue weighted by Gasteiger charge is -1.85. The highest BCUT2D eigenvalue weighted by Gasteiger charge is 2.01. The van der Waals surface area contributed by atoms with Crippen LogP contribution in [0.25, 0.3) is 11.2 Å². The number of nitrogens with zero attached hydrogens (tertiary/aromatic N) is 3. The minimum Gasteiger partial charge on any atom is -0.331 e. The van der Waals surface area contributed by atoms with Gasteiger partial charge in [-0.15, -0.1) is 0 Å². The van der Waals surface area contributed by atoms with Gasteiger partial charge in [0.05, 0.1) is 6.20 Å². The molecule has 0 aromatic carbocycles. The van der Waals surface area contributed by atoms with Gasteiger partial charge in [-0.05, 0) is 34.2 Å². The molecule has 1 N–H and O–H groups in total. The molecular weight excluding hydrogens is 278 g/mol. The van der Waals surface area contributed by atoms with Crippen LogP contribution in [-0.2, 0) is 0 Å². The highest BCUT2D eigenvalue weighted by molar-refractivity contribution is 14.1. The molecule has 4 nitrogen and oxygen atoms in total. The fourth-order valence-corrected chi connectivity index (χ4v) is 1.41. The highest BCUT2D eigenvalue weighted by atomic mass is 127. The summed E-state index contributed by atoms with van der Waals surface area (Å²) in [6.45, 7) is 0. The largest absolute Gasteiger partial charge is 0.331 e. The van der Waals surface area contributed by atoms with Gasteiger partial charge in [0, 0.05) is 0 Å². The molecule has 0 fully saturated rings. The second-order valence-corrected chi connectivity index (χ2v) is 3.26. The van der Waals surface area contributed by atoms with Crippen LogP contribution < -0.4 is 0 Å². The Balaban J connectivity index is 2.82. The van der Waals surface area contributed by atoms with Gasteiger partial charge in [0.15, 0.2) is 9.48 Å². The van der Waals surface area contributed by atoms with E-state index in [0.29, 0.717) is 5.65 Å². The molecular formula is C5H2ClIN4. The highest BCUT2D eigenvalue weighted by Crippen LogP contribution is 2.10. The van der Waals surface area contributed by atoms with Gasteiger partial charge in [0.1, 0.15) is 5.52 Å². The van der Waals surface area contributed by atoms with Crippen LogP contribution >= 0.6 is 34.2 Å². The van der Waals surface area contributed by atoms with Gasteiger partial charge in [0.2, 0.25) is 5.28 Å². The van der Waals surface area contributed by atoms with E-state index in [9.17, 15) is 0 Å². The molecule has 0 saturated heterocycles. The Hall–Kier alpha value is -0.430. The van der Waals surface area contributed by atoms with Gasteiger partial charge in [-0.1, -0.05) is 0 Å². The van der Waals surface area contributed by atoms with E-state index in [1.807, 2.05) is 0 Å². The molecule has 0 atom stereocenters. The fourth-order valence-electron chi connectivity index (χ4n) is 0.757. The lowest BCUT2D eigenvalue weighted by molar-refractivity contribution is 1.19. The fraction of sp³-hybridized carbons (Fsp3) is 0. The molecule has 0 radical (unpaired) electrons. The third-order valence-corrected chi connectivity index (χ3v) is 1.87. The van der Waals surface area contributed by atoms with Gasteiger partial charge in [-0.3, -0.25) is 0 Å². The summed E-state index contributed by atoms with van der Waals surface area (Å²) in [5, 5.41) is 0.223. The Labute approximate surface area is 80.5 Å². The van der Waals surface area contributed by atoms with Crippen LogP contribution in [0, 0.1) is 3.83 Å². The smallest absolute Gasteiger partial charge is 0.224 e. The number of aromatic nitrogens is 4. The molecule has 56 valence electrons. The van der Waals surface area contributed by atoms with Crippen molar-refractivity contribution in [2.45, 2.75) is 0 Å². The van der Waals surface area contributed by atoms with E-state index in [2.05, 4.69) is 42.5 Å². The topological polar surface area (TPSA) is 54.5 Å². The first-order valence-corrected chi connectivity index (χ1v) is 4.25. The van der Waals surface area contributed by atoms with Crippen molar-refractivity contribution in [3.63, 3.8) is 0 Å². The average Bonchev–Trinajstić information content (AvgIpc) is 2.27. The molecule has 2 aromatic heterocycles. The molecule has 0 spiro atoms. The Bertz CT molecular complexity index is 398. The molecule has 0 bridgehead atoms. The summed E-state index contributed by atoms with van der Waals surface area (Å²) < 4.78 is 0.786. The van der Waals surface area contributed by atoms with E-state index < -0.39 is 0 Å². The Morgan fingerprint density at radius 3 is 3.09 bits per heavy atom. The summed E-state index contributed by atoms with van der Waals surface area (Å²) in [5.41, 5.74) is 1.41. The molecule has 0 aliphatic rings. The summed E-state index contributed by atoms with van der Waals surface area (Å²) in [5.74, 6) is 0. The lowest BCUT2D eigenvalue weighted by Crippen LogP contribution is -1.81. The normalized spacial score (nSPS) is 10.7. The SMILES string of the molecule is Clc1ncc2[nH]c(I)nc2n1. The molecule has 0 aliphatic carbocycles. The summed E-state index contributed by atoms with van der Waals surface area (Å²) in [7, 11) is 0. The maximum Gasteiger partial charge on any atom is 0.224 e. The van der Waals surface area contributed by atoms with Crippen molar-refractivity contribution in [2.75, 3.05) is 0 Å². The summed E-state index contributed by atoms with van der Waals surface area (Å²) in [6.07, 6.45) is 1.61. The minimum atomic E-state index is 0.223. The molecule has 11 heavy (non-hydrogen) atoms. The monoisotopic (exact) mass is 280 g/mol.